The van der Waals surface area contributed by atoms with Gasteiger partial charge in [-0.05, 0) is 104 Å². The fourth-order valence-electron chi connectivity index (χ4n) is 5.57. The van der Waals surface area contributed by atoms with Crippen LogP contribution in [-0.4, -0.2) is 16.9 Å². The molecule has 2 aliphatic rings. The largest absolute Gasteiger partial charge is 0.416 e. The Morgan fingerprint density at radius 2 is 1.67 bits per heavy atom. The molecule has 2 fully saturated rings. The summed E-state index contributed by atoms with van der Waals surface area (Å²) in [6, 6.07) is 11.0. The smallest absolute Gasteiger partial charge is 0.349 e. The molecule has 5 rings (SSSR count). The quantitative estimate of drug-likeness (QED) is 0.450. The highest BCUT2D eigenvalue weighted by atomic mass is 19.4. The van der Waals surface area contributed by atoms with Gasteiger partial charge < -0.3 is 5.32 Å². The van der Waals surface area contributed by atoms with Gasteiger partial charge in [-0.2, -0.15) is 13.2 Å². The minimum atomic E-state index is -4.42. The van der Waals surface area contributed by atoms with Gasteiger partial charge in [0.15, 0.2) is 0 Å². The van der Waals surface area contributed by atoms with E-state index in [2.05, 4.69) is 10.3 Å². The summed E-state index contributed by atoms with van der Waals surface area (Å²) in [7, 11) is 0. The first-order valence-electron chi connectivity index (χ1n) is 11.3. The second kappa shape index (κ2) is 8.12. The topological polar surface area (TPSA) is 42.0 Å². The van der Waals surface area contributed by atoms with Crippen LogP contribution in [0.3, 0.4) is 0 Å². The molecule has 1 amide bonds. The molecule has 2 aliphatic carbocycles. The molecule has 2 saturated carbocycles. The standard InChI is InChI=1S/C26H24F4N2O/c27-19-5-6-22-21(15-19)20(10-14-31-22)16-7-11-25(12-8-16)13-9-23(25)32-24(33)17-1-3-18(4-2-17)26(28,29)30/h1-6,10,14-16,23H,7-9,11-13H2,(H,32,33)/t16?,23-,25?/m0/s1. The van der Waals surface area contributed by atoms with Crippen molar-refractivity contribution in [3.05, 3.63) is 77.2 Å². The van der Waals surface area contributed by atoms with Crippen LogP contribution in [0.25, 0.3) is 10.9 Å². The van der Waals surface area contributed by atoms with E-state index in [1.807, 2.05) is 6.07 Å². The molecule has 1 spiro atoms. The molecule has 0 radical (unpaired) electrons. The van der Waals surface area contributed by atoms with Crippen molar-refractivity contribution in [2.45, 2.75) is 56.7 Å². The Morgan fingerprint density at radius 3 is 2.30 bits per heavy atom. The molecule has 172 valence electrons. The van der Waals surface area contributed by atoms with Crippen molar-refractivity contribution >= 4 is 16.8 Å². The molecular weight excluding hydrogens is 432 g/mol. The average Bonchev–Trinajstić information content (AvgIpc) is 2.81. The zero-order valence-electron chi connectivity index (χ0n) is 18.0. The maximum Gasteiger partial charge on any atom is 0.416 e. The number of halogens is 4. The third kappa shape index (κ3) is 4.09. The highest BCUT2D eigenvalue weighted by molar-refractivity contribution is 5.94. The zero-order valence-corrected chi connectivity index (χ0v) is 18.0. The normalized spacial score (nSPS) is 25.1. The van der Waals surface area contributed by atoms with E-state index >= 15 is 0 Å². The Labute approximate surface area is 189 Å². The summed E-state index contributed by atoms with van der Waals surface area (Å²) >= 11 is 0. The van der Waals surface area contributed by atoms with Crippen LogP contribution in [-0.2, 0) is 6.18 Å². The summed E-state index contributed by atoms with van der Waals surface area (Å²) in [5.41, 5.74) is 1.43. The van der Waals surface area contributed by atoms with Crippen LogP contribution < -0.4 is 5.32 Å². The molecule has 0 saturated heterocycles. The van der Waals surface area contributed by atoms with Gasteiger partial charge >= 0.3 is 6.18 Å². The Kier molecular flexibility index (Phi) is 5.38. The molecular formula is C26H24F4N2O. The van der Waals surface area contributed by atoms with Gasteiger partial charge in [-0.15, -0.1) is 0 Å². The highest BCUT2D eigenvalue weighted by Crippen LogP contribution is 2.55. The number of fused-ring (bicyclic) bond motifs is 1. The summed E-state index contributed by atoms with van der Waals surface area (Å²) in [6.45, 7) is 0. The van der Waals surface area contributed by atoms with Crippen molar-refractivity contribution in [1.29, 1.82) is 0 Å². The van der Waals surface area contributed by atoms with Gasteiger partial charge in [-0.3, -0.25) is 9.78 Å². The second-order valence-corrected chi connectivity index (χ2v) is 9.34. The van der Waals surface area contributed by atoms with Crippen molar-refractivity contribution < 1.29 is 22.4 Å². The van der Waals surface area contributed by atoms with Gasteiger partial charge in [0.05, 0.1) is 11.1 Å². The van der Waals surface area contributed by atoms with Gasteiger partial charge in [0.1, 0.15) is 5.82 Å². The number of benzene rings is 2. The van der Waals surface area contributed by atoms with Crippen molar-refractivity contribution in [2.75, 3.05) is 0 Å². The van der Waals surface area contributed by atoms with Crippen molar-refractivity contribution in [3.63, 3.8) is 0 Å². The predicted octanol–water partition coefficient (Wildman–Crippen LogP) is 6.63. The van der Waals surface area contributed by atoms with Crippen LogP contribution in [0.15, 0.2) is 54.7 Å². The Balaban J connectivity index is 1.25. The summed E-state index contributed by atoms with van der Waals surface area (Å²) in [5.74, 6) is -0.283. The number of carbonyl (C=O) groups is 1. The number of aromatic nitrogens is 1. The number of nitrogens with zero attached hydrogens (tertiary/aromatic N) is 1. The first kappa shape index (κ1) is 21.9. The lowest BCUT2D eigenvalue weighted by atomic mass is 9.55. The van der Waals surface area contributed by atoms with E-state index in [1.165, 1.54) is 18.2 Å². The van der Waals surface area contributed by atoms with Gasteiger partial charge in [0.2, 0.25) is 0 Å². The molecule has 0 bridgehead atoms. The minimum Gasteiger partial charge on any atom is -0.349 e. The molecule has 0 unspecified atom stereocenters. The van der Waals surface area contributed by atoms with Crippen molar-refractivity contribution in [3.8, 4) is 0 Å². The number of alkyl halides is 3. The monoisotopic (exact) mass is 456 g/mol. The van der Waals surface area contributed by atoms with E-state index in [1.54, 1.807) is 18.3 Å². The molecule has 0 aliphatic heterocycles. The van der Waals surface area contributed by atoms with Crippen molar-refractivity contribution in [2.24, 2.45) is 5.41 Å². The zero-order chi connectivity index (χ0) is 23.2. The van der Waals surface area contributed by atoms with Gasteiger partial charge in [0, 0.05) is 23.2 Å². The molecule has 1 heterocycles. The summed E-state index contributed by atoms with van der Waals surface area (Å²) in [4.78, 5) is 17.0. The maximum absolute atomic E-state index is 13.8. The minimum absolute atomic E-state index is 0.0277. The van der Waals surface area contributed by atoms with E-state index in [0.29, 0.717) is 5.92 Å². The third-order valence-corrected chi connectivity index (χ3v) is 7.61. The fourth-order valence-corrected chi connectivity index (χ4v) is 5.57. The molecule has 1 atom stereocenters. The molecule has 7 heteroatoms. The molecule has 2 aromatic carbocycles. The lowest BCUT2D eigenvalue weighted by molar-refractivity contribution is -0.137. The molecule has 3 nitrogen and oxygen atoms in total. The number of rotatable bonds is 3. The predicted molar refractivity (Wildman–Crippen MR) is 117 cm³/mol. The lowest BCUT2D eigenvalue weighted by Gasteiger charge is -2.53. The third-order valence-electron chi connectivity index (χ3n) is 7.61. The Morgan fingerprint density at radius 1 is 0.970 bits per heavy atom. The number of hydrogen-bond donors (Lipinski definition) is 1. The molecule has 1 N–H and O–H groups in total. The van der Waals surface area contributed by atoms with E-state index < -0.39 is 11.7 Å². The number of carbonyl (C=O) groups excluding carboxylic acids is 1. The van der Waals surface area contributed by atoms with Crippen LogP contribution >= 0.6 is 0 Å². The van der Waals surface area contributed by atoms with Gasteiger partial charge in [-0.25, -0.2) is 4.39 Å². The molecule has 3 aromatic rings. The van der Waals surface area contributed by atoms with Gasteiger partial charge in [-0.1, -0.05) is 0 Å². The van der Waals surface area contributed by atoms with Crippen LogP contribution in [0, 0.1) is 11.2 Å². The molecule has 1 aromatic heterocycles. The van der Waals surface area contributed by atoms with Gasteiger partial charge in [0.25, 0.3) is 5.91 Å². The summed E-state index contributed by atoms with van der Waals surface area (Å²) in [6.07, 6.45) is 3.06. The second-order valence-electron chi connectivity index (χ2n) is 9.34. The Hall–Kier alpha value is -2.96. The number of nitrogens with one attached hydrogen (secondary N) is 1. The van der Waals surface area contributed by atoms with Crippen LogP contribution in [0.4, 0.5) is 17.6 Å². The van der Waals surface area contributed by atoms with E-state index in [9.17, 15) is 22.4 Å². The average molecular weight is 456 g/mol. The fraction of sp³-hybridized carbons (Fsp3) is 0.385. The number of hydrogen-bond acceptors (Lipinski definition) is 2. The maximum atomic E-state index is 13.8. The molecule has 33 heavy (non-hydrogen) atoms. The highest BCUT2D eigenvalue weighted by Gasteiger charge is 2.49. The lowest BCUT2D eigenvalue weighted by Crippen LogP contribution is -2.56. The van der Waals surface area contributed by atoms with Crippen LogP contribution in [0.2, 0.25) is 0 Å². The summed E-state index contributed by atoms with van der Waals surface area (Å²) in [5, 5.41) is 3.92. The Bertz CT molecular complexity index is 1180. The van der Waals surface area contributed by atoms with E-state index in [4.69, 9.17) is 0 Å². The first-order chi connectivity index (χ1) is 15.7. The number of amides is 1. The van der Waals surface area contributed by atoms with E-state index in [0.717, 1.165) is 67.1 Å². The first-order valence-corrected chi connectivity index (χ1v) is 11.3. The summed E-state index contributed by atoms with van der Waals surface area (Å²) < 4.78 is 52.2. The SMILES string of the molecule is O=C(N[C@H]1CCC12CCC(c1ccnc3ccc(F)cc13)CC2)c1ccc(C(F)(F)F)cc1. The van der Waals surface area contributed by atoms with Crippen LogP contribution in [0.5, 0.6) is 0 Å². The van der Waals surface area contributed by atoms with Crippen LogP contribution in [0.1, 0.15) is 65.9 Å². The van der Waals surface area contributed by atoms with E-state index in [-0.39, 0.29) is 28.7 Å². The van der Waals surface area contributed by atoms with Crippen molar-refractivity contribution in [1.82, 2.24) is 10.3 Å². The number of pyridine rings is 1.